The van der Waals surface area contributed by atoms with Gasteiger partial charge in [0.1, 0.15) is 0 Å². The Balaban J connectivity index is 1.88. The van der Waals surface area contributed by atoms with Crippen LogP contribution in [0.4, 0.5) is 13.2 Å². The number of halogens is 3. The minimum Gasteiger partial charge on any atom is -0.388 e. The summed E-state index contributed by atoms with van der Waals surface area (Å²) in [4.78, 5) is 8.15. The van der Waals surface area contributed by atoms with Gasteiger partial charge in [0.15, 0.2) is 5.96 Å². The molecule has 1 aliphatic heterocycles. The number of rotatable bonds is 7. The van der Waals surface area contributed by atoms with Crippen LogP contribution in [0.15, 0.2) is 4.99 Å². The second-order valence-electron chi connectivity index (χ2n) is 7.29. The van der Waals surface area contributed by atoms with E-state index in [1.807, 2.05) is 6.92 Å². The summed E-state index contributed by atoms with van der Waals surface area (Å²) in [6.07, 6.45) is -0.658. The molecule has 2 aliphatic rings. The van der Waals surface area contributed by atoms with Crippen LogP contribution in [0.5, 0.6) is 0 Å². The van der Waals surface area contributed by atoms with E-state index >= 15 is 0 Å². The maximum Gasteiger partial charge on any atom is 0.401 e. The van der Waals surface area contributed by atoms with Crippen molar-refractivity contribution in [2.24, 2.45) is 10.9 Å². The number of likely N-dealkylation sites (tertiary alicyclic amines) is 1. The maximum atomic E-state index is 12.6. The third kappa shape index (κ3) is 6.33. The second kappa shape index (κ2) is 8.58. The molecule has 146 valence electrons. The smallest absolute Gasteiger partial charge is 0.388 e. The minimum atomic E-state index is -4.15. The molecule has 1 heterocycles. The summed E-state index contributed by atoms with van der Waals surface area (Å²) < 4.78 is 37.9. The molecule has 2 N–H and O–H groups in total. The molecule has 2 rings (SSSR count). The van der Waals surface area contributed by atoms with Gasteiger partial charge in [-0.3, -0.25) is 9.89 Å². The van der Waals surface area contributed by atoms with Gasteiger partial charge in [-0.05, 0) is 45.1 Å². The SMILES string of the molecule is CCNC(=NCC1(O)CCC1)N1CCC(CN(CC)CC(F)(F)F)C1. The Morgan fingerprint density at radius 2 is 2.08 bits per heavy atom. The Hall–Kier alpha value is -1.02. The van der Waals surface area contributed by atoms with E-state index in [1.54, 1.807) is 6.92 Å². The number of nitrogens with zero attached hydrogens (tertiary/aromatic N) is 3. The summed E-state index contributed by atoms with van der Waals surface area (Å²) in [5.41, 5.74) is -0.661. The molecular weight excluding hydrogens is 333 g/mol. The van der Waals surface area contributed by atoms with Gasteiger partial charge in [-0.1, -0.05) is 6.92 Å². The first-order valence-corrected chi connectivity index (χ1v) is 9.29. The molecule has 0 amide bonds. The highest BCUT2D eigenvalue weighted by atomic mass is 19.4. The molecule has 0 aromatic heterocycles. The number of hydrogen-bond acceptors (Lipinski definition) is 3. The van der Waals surface area contributed by atoms with E-state index in [-0.39, 0.29) is 5.92 Å². The van der Waals surface area contributed by atoms with E-state index in [1.165, 1.54) is 4.90 Å². The minimum absolute atomic E-state index is 0.206. The summed E-state index contributed by atoms with van der Waals surface area (Å²) >= 11 is 0. The predicted molar refractivity (Wildman–Crippen MR) is 92.6 cm³/mol. The van der Waals surface area contributed by atoms with Gasteiger partial charge in [-0.25, -0.2) is 0 Å². The van der Waals surface area contributed by atoms with Crippen molar-refractivity contribution in [2.75, 3.05) is 45.8 Å². The third-order valence-corrected chi connectivity index (χ3v) is 5.09. The topological polar surface area (TPSA) is 51.1 Å². The van der Waals surface area contributed by atoms with Gasteiger partial charge in [0, 0.05) is 26.2 Å². The standard InChI is InChI=1S/C17H31F3N4O/c1-3-21-15(22-12-16(25)7-5-8-16)24-9-6-14(11-24)10-23(4-2)13-17(18,19)20/h14,25H,3-13H2,1-2H3,(H,21,22). The lowest BCUT2D eigenvalue weighted by Crippen LogP contribution is -2.44. The maximum absolute atomic E-state index is 12.6. The summed E-state index contributed by atoms with van der Waals surface area (Å²) in [6.45, 7) is 6.39. The molecule has 1 saturated carbocycles. The molecule has 25 heavy (non-hydrogen) atoms. The van der Waals surface area contributed by atoms with Crippen molar-refractivity contribution in [3.05, 3.63) is 0 Å². The van der Waals surface area contributed by atoms with E-state index in [9.17, 15) is 18.3 Å². The molecule has 0 spiro atoms. The zero-order valence-electron chi connectivity index (χ0n) is 15.3. The average molecular weight is 364 g/mol. The fourth-order valence-corrected chi connectivity index (χ4v) is 3.49. The number of hydrogen-bond donors (Lipinski definition) is 2. The van der Waals surface area contributed by atoms with Crippen LogP contribution >= 0.6 is 0 Å². The predicted octanol–water partition coefficient (Wildman–Crippen LogP) is 2.07. The van der Waals surface area contributed by atoms with E-state index in [0.717, 1.165) is 44.7 Å². The zero-order valence-corrected chi connectivity index (χ0v) is 15.3. The molecule has 1 saturated heterocycles. The van der Waals surface area contributed by atoms with Crippen LogP contribution in [0.3, 0.4) is 0 Å². The number of guanidine groups is 1. The summed E-state index contributed by atoms with van der Waals surface area (Å²) in [7, 11) is 0. The highest BCUT2D eigenvalue weighted by Gasteiger charge is 2.35. The molecule has 0 aromatic rings. The molecule has 5 nitrogen and oxygen atoms in total. The average Bonchev–Trinajstić information content (AvgIpc) is 2.95. The van der Waals surface area contributed by atoms with Crippen LogP contribution < -0.4 is 5.32 Å². The van der Waals surface area contributed by atoms with E-state index < -0.39 is 18.3 Å². The van der Waals surface area contributed by atoms with Crippen LogP contribution in [0.1, 0.15) is 39.5 Å². The first kappa shape index (κ1) is 20.3. The van der Waals surface area contributed by atoms with Crippen molar-refractivity contribution >= 4 is 5.96 Å². The summed E-state index contributed by atoms with van der Waals surface area (Å²) in [5.74, 6) is 0.974. The van der Waals surface area contributed by atoms with Crippen molar-refractivity contribution < 1.29 is 18.3 Å². The van der Waals surface area contributed by atoms with Crippen molar-refractivity contribution in [3.8, 4) is 0 Å². The van der Waals surface area contributed by atoms with Crippen LogP contribution in [0.25, 0.3) is 0 Å². The molecule has 8 heteroatoms. The quantitative estimate of drug-likeness (QED) is 0.536. The van der Waals surface area contributed by atoms with Crippen LogP contribution in [-0.4, -0.2) is 78.5 Å². The summed E-state index contributed by atoms with van der Waals surface area (Å²) in [5, 5.41) is 13.5. The normalized spacial score (nSPS) is 23.9. The largest absolute Gasteiger partial charge is 0.401 e. The molecule has 1 unspecified atom stereocenters. The lowest BCUT2D eigenvalue weighted by molar-refractivity contribution is -0.146. The molecule has 1 aliphatic carbocycles. The Morgan fingerprint density at radius 1 is 1.36 bits per heavy atom. The third-order valence-electron chi connectivity index (χ3n) is 5.09. The number of alkyl halides is 3. The van der Waals surface area contributed by atoms with Crippen LogP contribution in [0, 0.1) is 5.92 Å². The first-order chi connectivity index (χ1) is 11.7. The number of aliphatic hydroxyl groups is 1. The molecule has 0 radical (unpaired) electrons. The van der Waals surface area contributed by atoms with Gasteiger partial charge in [0.05, 0.1) is 18.7 Å². The Labute approximate surface area is 148 Å². The monoisotopic (exact) mass is 364 g/mol. The van der Waals surface area contributed by atoms with Crippen molar-refractivity contribution in [2.45, 2.75) is 51.3 Å². The van der Waals surface area contributed by atoms with E-state index in [0.29, 0.717) is 26.2 Å². The Bertz CT molecular complexity index is 452. The lowest BCUT2D eigenvalue weighted by atomic mass is 9.80. The summed E-state index contributed by atoms with van der Waals surface area (Å²) in [6, 6.07) is 0. The van der Waals surface area contributed by atoms with Crippen LogP contribution in [-0.2, 0) is 0 Å². The second-order valence-corrected chi connectivity index (χ2v) is 7.29. The Kier molecular flexibility index (Phi) is 6.96. The first-order valence-electron chi connectivity index (χ1n) is 9.29. The van der Waals surface area contributed by atoms with Gasteiger partial charge >= 0.3 is 6.18 Å². The molecule has 0 aromatic carbocycles. The molecule has 0 bridgehead atoms. The van der Waals surface area contributed by atoms with Crippen LogP contribution in [0.2, 0.25) is 0 Å². The van der Waals surface area contributed by atoms with Gasteiger partial charge in [0.2, 0.25) is 0 Å². The number of aliphatic imine (C=N–C) groups is 1. The van der Waals surface area contributed by atoms with Gasteiger partial charge in [-0.2, -0.15) is 13.2 Å². The molecule has 2 fully saturated rings. The fraction of sp³-hybridized carbons (Fsp3) is 0.941. The van der Waals surface area contributed by atoms with Gasteiger partial charge in [-0.15, -0.1) is 0 Å². The van der Waals surface area contributed by atoms with Crippen molar-refractivity contribution in [1.29, 1.82) is 0 Å². The molecule has 1 atom stereocenters. The Morgan fingerprint density at radius 3 is 2.60 bits per heavy atom. The van der Waals surface area contributed by atoms with E-state index in [4.69, 9.17) is 0 Å². The highest BCUT2D eigenvalue weighted by Crippen LogP contribution is 2.31. The van der Waals surface area contributed by atoms with Crippen molar-refractivity contribution in [3.63, 3.8) is 0 Å². The molecular formula is C17H31F3N4O. The fourth-order valence-electron chi connectivity index (χ4n) is 3.49. The lowest BCUT2D eigenvalue weighted by Gasteiger charge is -2.35. The van der Waals surface area contributed by atoms with Crippen molar-refractivity contribution in [1.82, 2.24) is 15.1 Å². The zero-order chi connectivity index (χ0) is 18.5. The highest BCUT2D eigenvalue weighted by molar-refractivity contribution is 5.80. The van der Waals surface area contributed by atoms with E-state index in [2.05, 4.69) is 15.2 Å². The number of nitrogens with one attached hydrogen (secondary N) is 1. The van der Waals surface area contributed by atoms with Gasteiger partial charge < -0.3 is 15.3 Å². The van der Waals surface area contributed by atoms with Gasteiger partial charge in [0.25, 0.3) is 0 Å².